The van der Waals surface area contributed by atoms with E-state index in [0.29, 0.717) is 23.9 Å². The van der Waals surface area contributed by atoms with E-state index >= 15 is 0 Å². The maximum absolute atomic E-state index is 12.5. The van der Waals surface area contributed by atoms with Crippen molar-refractivity contribution >= 4 is 21.5 Å². The number of hydrogen-bond acceptors (Lipinski definition) is 4. The highest BCUT2D eigenvalue weighted by atomic mass is 32.2. The number of anilines is 1. The second-order valence-corrected chi connectivity index (χ2v) is 9.44. The summed E-state index contributed by atoms with van der Waals surface area (Å²) in [5, 5.41) is 9.17. The molecule has 2 aliphatic carbocycles. The lowest BCUT2D eigenvalue weighted by atomic mass is 9.93. The van der Waals surface area contributed by atoms with Gasteiger partial charge in [0.1, 0.15) is 0 Å². The first-order chi connectivity index (χ1) is 10.9. The van der Waals surface area contributed by atoms with Gasteiger partial charge in [-0.1, -0.05) is 0 Å². The quantitative estimate of drug-likeness (QED) is 0.916. The molecule has 1 aromatic rings. The zero-order chi connectivity index (χ0) is 16.2. The van der Waals surface area contributed by atoms with Crippen molar-refractivity contribution in [2.75, 3.05) is 18.0 Å². The van der Waals surface area contributed by atoms with Crippen molar-refractivity contribution in [1.82, 2.24) is 0 Å². The monoisotopic (exact) mass is 335 g/mol. The summed E-state index contributed by atoms with van der Waals surface area (Å²) in [7, 11) is -3.30. The van der Waals surface area contributed by atoms with Gasteiger partial charge in [-0.25, -0.2) is 13.2 Å². The van der Waals surface area contributed by atoms with Crippen LogP contribution in [-0.2, 0) is 9.84 Å². The van der Waals surface area contributed by atoms with E-state index in [4.69, 9.17) is 0 Å². The Balaban J connectivity index is 1.69. The minimum atomic E-state index is -3.30. The minimum absolute atomic E-state index is 0.200. The van der Waals surface area contributed by atoms with E-state index in [1.54, 1.807) is 6.07 Å². The number of aromatic carboxylic acids is 1. The molecule has 0 amide bonds. The molecule has 0 atom stereocenters. The summed E-state index contributed by atoms with van der Waals surface area (Å²) in [5.41, 5.74) is 1.26. The van der Waals surface area contributed by atoms with Crippen LogP contribution < -0.4 is 4.90 Å². The van der Waals surface area contributed by atoms with Crippen molar-refractivity contribution in [3.05, 3.63) is 23.8 Å². The molecule has 3 fully saturated rings. The van der Waals surface area contributed by atoms with E-state index in [9.17, 15) is 18.3 Å². The molecule has 0 aromatic heterocycles. The molecule has 124 valence electrons. The molecule has 5 nitrogen and oxygen atoms in total. The third-order valence-corrected chi connectivity index (χ3v) is 7.87. The smallest absolute Gasteiger partial charge is 0.337 e. The number of carbonyl (C=O) groups is 1. The first-order valence-electron chi connectivity index (χ1n) is 8.28. The molecule has 3 aliphatic rings. The fourth-order valence-electron chi connectivity index (χ4n) is 3.60. The van der Waals surface area contributed by atoms with E-state index in [1.165, 1.54) is 25.0 Å². The molecule has 1 N–H and O–H groups in total. The van der Waals surface area contributed by atoms with Gasteiger partial charge in [-0.05, 0) is 62.1 Å². The van der Waals surface area contributed by atoms with Crippen LogP contribution >= 0.6 is 0 Å². The number of carboxylic acid groups (broad SMARTS) is 1. The molecule has 0 bridgehead atoms. The maximum atomic E-state index is 12.5. The number of benzene rings is 1. The fourth-order valence-corrected chi connectivity index (χ4v) is 5.28. The molecule has 6 heteroatoms. The Morgan fingerprint density at radius 2 is 1.78 bits per heavy atom. The van der Waals surface area contributed by atoms with Gasteiger partial charge >= 0.3 is 5.97 Å². The first-order valence-corrected chi connectivity index (χ1v) is 9.82. The number of hydrogen-bond donors (Lipinski definition) is 1. The van der Waals surface area contributed by atoms with Crippen molar-refractivity contribution in [3.63, 3.8) is 0 Å². The number of sulfone groups is 1. The van der Waals surface area contributed by atoms with Crippen molar-refractivity contribution in [1.29, 1.82) is 0 Å². The van der Waals surface area contributed by atoms with Gasteiger partial charge in [-0.15, -0.1) is 0 Å². The van der Waals surface area contributed by atoms with Crippen LogP contribution in [0, 0.1) is 5.41 Å². The van der Waals surface area contributed by atoms with Crippen LogP contribution in [0.25, 0.3) is 0 Å². The Morgan fingerprint density at radius 3 is 2.30 bits per heavy atom. The molecule has 1 heterocycles. The van der Waals surface area contributed by atoms with Gasteiger partial charge in [-0.2, -0.15) is 0 Å². The topological polar surface area (TPSA) is 74.7 Å². The highest BCUT2D eigenvalue weighted by Gasteiger charge is 2.45. The third-order valence-electron chi connectivity index (χ3n) is 5.61. The number of nitrogens with zero attached hydrogens (tertiary/aromatic N) is 1. The Hall–Kier alpha value is -1.56. The SMILES string of the molecule is O=C(O)c1ccc(S(=O)(=O)C2CC2)cc1N1CCC2(CC1)CC2. The number of piperidine rings is 1. The van der Waals surface area contributed by atoms with Crippen LogP contribution in [0.3, 0.4) is 0 Å². The predicted octanol–water partition coefficient (Wildman–Crippen LogP) is 2.70. The lowest BCUT2D eigenvalue weighted by Crippen LogP contribution is -2.35. The standard InChI is InChI=1S/C17H21NO4S/c19-16(20)14-4-3-13(23(21,22)12-1-2-12)11-15(14)18-9-7-17(5-6-17)8-10-18/h3-4,11-12H,1-2,5-10H2,(H,19,20). The molecule has 1 aromatic carbocycles. The van der Waals surface area contributed by atoms with Crippen molar-refractivity contribution < 1.29 is 18.3 Å². The van der Waals surface area contributed by atoms with Gasteiger partial charge in [0.05, 0.1) is 21.4 Å². The Kier molecular flexibility index (Phi) is 3.24. The van der Waals surface area contributed by atoms with Crippen molar-refractivity contribution in [2.24, 2.45) is 5.41 Å². The molecular weight excluding hydrogens is 314 g/mol. The van der Waals surface area contributed by atoms with E-state index in [0.717, 1.165) is 25.9 Å². The van der Waals surface area contributed by atoms with Crippen LogP contribution in [0.5, 0.6) is 0 Å². The predicted molar refractivity (Wildman–Crippen MR) is 86.7 cm³/mol. The van der Waals surface area contributed by atoms with Gasteiger partial charge < -0.3 is 10.0 Å². The van der Waals surface area contributed by atoms with E-state index in [-0.39, 0.29) is 15.7 Å². The van der Waals surface area contributed by atoms with Gasteiger partial charge in [0.15, 0.2) is 9.84 Å². The Morgan fingerprint density at radius 1 is 1.13 bits per heavy atom. The fraction of sp³-hybridized carbons (Fsp3) is 0.588. The summed E-state index contributed by atoms with van der Waals surface area (Å²) < 4.78 is 24.9. The lowest BCUT2D eigenvalue weighted by Gasteiger charge is -2.34. The highest BCUT2D eigenvalue weighted by molar-refractivity contribution is 7.92. The number of carboxylic acids is 1. The van der Waals surface area contributed by atoms with Crippen molar-refractivity contribution in [2.45, 2.75) is 48.7 Å². The first kappa shape index (κ1) is 15.0. The summed E-state index contributed by atoms with van der Waals surface area (Å²) >= 11 is 0. The highest BCUT2D eigenvalue weighted by Crippen LogP contribution is 2.54. The third kappa shape index (κ3) is 2.63. The summed E-state index contributed by atoms with van der Waals surface area (Å²) in [5.74, 6) is -0.998. The second-order valence-electron chi connectivity index (χ2n) is 7.22. The van der Waals surface area contributed by atoms with Gasteiger partial charge in [0.2, 0.25) is 0 Å². The Bertz CT molecular complexity index is 753. The van der Waals surface area contributed by atoms with Crippen LogP contribution in [0.1, 0.15) is 48.9 Å². The van der Waals surface area contributed by atoms with Crippen LogP contribution in [0.4, 0.5) is 5.69 Å². The lowest BCUT2D eigenvalue weighted by molar-refractivity contribution is 0.0697. The minimum Gasteiger partial charge on any atom is -0.478 e. The second kappa shape index (κ2) is 4.97. The van der Waals surface area contributed by atoms with Crippen LogP contribution in [0.15, 0.2) is 23.1 Å². The Labute approximate surface area is 136 Å². The molecular formula is C17H21NO4S. The maximum Gasteiger partial charge on any atom is 0.337 e. The number of rotatable bonds is 4. The molecule has 2 saturated carbocycles. The molecule has 23 heavy (non-hydrogen) atoms. The average Bonchev–Trinajstić information content (AvgIpc) is 3.42. The van der Waals surface area contributed by atoms with Crippen molar-refractivity contribution in [3.8, 4) is 0 Å². The average molecular weight is 335 g/mol. The molecule has 0 unspecified atom stereocenters. The summed E-state index contributed by atoms with van der Waals surface area (Å²) in [6, 6.07) is 4.49. The van der Waals surface area contributed by atoms with Gasteiger partial charge in [0, 0.05) is 13.1 Å². The summed E-state index contributed by atoms with van der Waals surface area (Å²) in [6.45, 7) is 1.63. The summed E-state index contributed by atoms with van der Waals surface area (Å²) in [4.78, 5) is 13.9. The van der Waals surface area contributed by atoms with Gasteiger partial charge in [-0.3, -0.25) is 0 Å². The molecule has 0 radical (unpaired) electrons. The van der Waals surface area contributed by atoms with Crippen LogP contribution in [-0.4, -0.2) is 37.8 Å². The largest absolute Gasteiger partial charge is 0.478 e. The van der Waals surface area contributed by atoms with E-state index in [1.807, 2.05) is 0 Å². The van der Waals surface area contributed by atoms with E-state index < -0.39 is 15.8 Å². The summed E-state index contributed by atoms with van der Waals surface area (Å²) in [6.07, 6.45) is 6.14. The normalized spacial score (nSPS) is 23.0. The van der Waals surface area contributed by atoms with Crippen LogP contribution in [0.2, 0.25) is 0 Å². The molecule has 1 spiro atoms. The molecule has 1 saturated heterocycles. The molecule has 1 aliphatic heterocycles. The zero-order valence-corrected chi connectivity index (χ0v) is 13.8. The molecule has 4 rings (SSSR count). The van der Waals surface area contributed by atoms with Gasteiger partial charge in [0.25, 0.3) is 0 Å². The van der Waals surface area contributed by atoms with E-state index in [2.05, 4.69) is 4.90 Å². The zero-order valence-electron chi connectivity index (χ0n) is 13.0.